The Bertz CT molecular complexity index is 418. The normalized spacial score (nSPS) is 9.59. The molecule has 1 aromatic rings. The number of nitrogens with zero attached hydrogens (tertiary/aromatic N) is 2. The van der Waals surface area contributed by atoms with Crippen LogP contribution >= 0.6 is 0 Å². The molecule has 0 aliphatic rings. The maximum atomic E-state index is 11.3. The van der Waals surface area contributed by atoms with Crippen LogP contribution in [0, 0.1) is 0 Å². The highest BCUT2D eigenvalue weighted by Crippen LogP contribution is 2.06. The number of rotatable bonds is 3. The smallest absolute Gasteiger partial charge is 0.405 e. The molecular weight excluding hydrogens is 224 g/mol. The molecule has 92 valence electrons. The van der Waals surface area contributed by atoms with E-state index in [0.29, 0.717) is 5.75 Å². The molecule has 0 aromatic carbocycles. The lowest BCUT2D eigenvalue weighted by molar-refractivity contribution is -0.727. The van der Waals surface area contributed by atoms with Gasteiger partial charge in [-0.05, 0) is 6.07 Å². The van der Waals surface area contributed by atoms with E-state index in [1.165, 1.54) is 11.8 Å². The summed E-state index contributed by atoms with van der Waals surface area (Å²) in [7, 11) is 3.19. The highest BCUT2D eigenvalue weighted by Gasteiger charge is 2.10. The summed E-state index contributed by atoms with van der Waals surface area (Å²) < 4.78 is 11.5. The van der Waals surface area contributed by atoms with E-state index < -0.39 is 6.09 Å². The van der Waals surface area contributed by atoms with E-state index in [0.717, 1.165) is 0 Å². The van der Waals surface area contributed by atoms with Crippen LogP contribution in [0.15, 0.2) is 24.5 Å². The number of pyridine rings is 1. The highest BCUT2D eigenvalue weighted by atomic mass is 16.6. The van der Waals surface area contributed by atoms with Gasteiger partial charge in [0.2, 0.25) is 6.20 Å². The molecule has 6 nitrogen and oxygen atoms in total. The van der Waals surface area contributed by atoms with Gasteiger partial charge in [0.25, 0.3) is 6.73 Å². The third-order valence-corrected chi connectivity index (χ3v) is 1.82. The molecule has 6 heteroatoms. The van der Waals surface area contributed by atoms with Crippen LogP contribution in [0.1, 0.15) is 6.92 Å². The monoisotopic (exact) mass is 239 g/mol. The molecule has 0 atom stereocenters. The predicted molar refractivity (Wildman–Crippen MR) is 58.1 cm³/mol. The zero-order chi connectivity index (χ0) is 12.8. The highest BCUT2D eigenvalue weighted by molar-refractivity contribution is 5.69. The molecule has 1 amide bonds. The molecule has 0 aliphatic carbocycles. The van der Waals surface area contributed by atoms with E-state index in [2.05, 4.69) is 0 Å². The Morgan fingerprint density at radius 2 is 2.12 bits per heavy atom. The summed E-state index contributed by atoms with van der Waals surface area (Å²) in [5, 5.41) is 0. The largest absolute Gasteiger partial charge is 0.414 e. The van der Waals surface area contributed by atoms with Gasteiger partial charge in [-0.2, -0.15) is 4.57 Å². The van der Waals surface area contributed by atoms with Crippen LogP contribution in [-0.4, -0.2) is 31.1 Å². The van der Waals surface area contributed by atoms with Gasteiger partial charge in [0.15, 0.2) is 11.9 Å². The molecule has 0 aliphatic heterocycles. The zero-order valence-electron chi connectivity index (χ0n) is 10.0. The molecule has 0 fully saturated rings. The second-order valence-corrected chi connectivity index (χ2v) is 3.58. The van der Waals surface area contributed by atoms with E-state index in [-0.39, 0.29) is 12.7 Å². The molecule has 0 radical (unpaired) electrons. The quantitative estimate of drug-likeness (QED) is 0.571. The summed E-state index contributed by atoms with van der Waals surface area (Å²) in [5.74, 6) is 0.0199. The van der Waals surface area contributed by atoms with Crippen molar-refractivity contribution in [3.63, 3.8) is 0 Å². The van der Waals surface area contributed by atoms with Crippen LogP contribution in [0.25, 0.3) is 0 Å². The standard InChI is InChI=1S/C11H15N2O4/c1-9(14)16-8-13-6-4-5-10(7-13)17-11(15)12(2)3/h4-7H,8H2,1-3H3/q+1. The molecule has 0 spiro atoms. The average Bonchev–Trinajstić information content (AvgIpc) is 2.26. The number of hydrogen-bond donors (Lipinski definition) is 0. The number of amides is 1. The molecule has 17 heavy (non-hydrogen) atoms. The summed E-state index contributed by atoms with van der Waals surface area (Å²) in [4.78, 5) is 23.3. The number of ether oxygens (including phenoxy) is 2. The maximum absolute atomic E-state index is 11.3. The number of carbonyl (C=O) groups is 2. The summed E-state index contributed by atoms with van der Waals surface area (Å²) >= 11 is 0. The van der Waals surface area contributed by atoms with Gasteiger partial charge in [-0.3, -0.25) is 4.79 Å². The predicted octanol–water partition coefficient (Wildman–Crippen LogP) is 0.555. The van der Waals surface area contributed by atoms with Crippen LogP contribution in [0.3, 0.4) is 0 Å². The van der Waals surface area contributed by atoms with Crippen molar-refractivity contribution < 1.29 is 23.6 Å². The van der Waals surface area contributed by atoms with Crippen molar-refractivity contribution in [3.8, 4) is 5.75 Å². The lowest BCUT2D eigenvalue weighted by atomic mass is 10.4. The molecular formula is C11H15N2O4+. The molecule has 0 saturated heterocycles. The minimum Gasteiger partial charge on any atom is -0.405 e. The van der Waals surface area contributed by atoms with Crippen molar-refractivity contribution in [3.05, 3.63) is 24.5 Å². The van der Waals surface area contributed by atoms with Crippen LogP contribution < -0.4 is 9.30 Å². The van der Waals surface area contributed by atoms with Gasteiger partial charge in [-0.25, -0.2) is 4.79 Å². The van der Waals surface area contributed by atoms with E-state index >= 15 is 0 Å². The van der Waals surface area contributed by atoms with Crippen LogP contribution in [-0.2, 0) is 16.3 Å². The zero-order valence-corrected chi connectivity index (χ0v) is 10.0. The third kappa shape index (κ3) is 4.50. The number of esters is 1. The van der Waals surface area contributed by atoms with Crippen LogP contribution in [0.2, 0.25) is 0 Å². The number of aromatic nitrogens is 1. The average molecular weight is 239 g/mol. The van der Waals surface area contributed by atoms with E-state index in [1.807, 2.05) is 0 Å². The van der Waals surface area contributed by atoms with Crippen molar-refractivity contribution in [1.82, 2.24) is 4.90 Å². The SMILES string of the molecule is CC(=O)OC[n+]1cccc(OC(=O)N(C)C)c1. The summed E-state index contributed by atoms with van der Waals surface area (Å²) in [6, 6.07) is 3.34. The summed E-state index contributed by atoms with van der Waals surface area (Å²) in [5.41, 5.74) is 0. The second-order valence-electron chi connectivity index (χ2n) is 3.58. The van der Waals surface area contributed by atoms with Gasteiger partial charge < -0.3 is 14.4 Å². The van der Waals surface area contributed by atoms with Crippen molar-refractivity contribution in [2.24, 2.45) is 0 Å². The number of hydrogen-bond acceptors (Lipinski definition) is 4. The van der Waals surface area contributed by atoms with Crippen molar-refractivity contribution in [1.29, 1.82) is 0 Å². The van der Waals surface area contributed by atoms with Gasteiger partial charge in [-0.1, -0.05) is 0 Å². The topological polar surface area (TPSA) is 59.7 Å². The van der Waals surface area contributed by atoms with Gasteiger partial charge >= 0.3 is 12.1 Å². The molecule has 1 rings (SSSR count). The third-order valence-electron chi connectivity index (χ3n) is 1.82. The fourth-order valence-corrected chi connectivity index (χ4v) is 0.996. The first-order chi connectivity index (χ1) is 7.99. The maximum Gasteiger partial charge on any atom is 0.414 e. The Kier molecular flexibility index (Phi) is 4.45. The molecule has 0 bridgehead atoms. The fourth-order valence-electron chi connectivity index (χ4n) is 0.996. The Labute approximate surface area is 99.4 Å². The Balaban J connectivity index is 2.65. The van der Waals surface area contributed by atoms with E-state index in [1.54, 1.807) is 43.2 Å². The van der Waals surface area contributed by atoms with Gasteiger partial charge in [0.1, 0.15) is 0 Å². The lowest BCUT2D eigenvalue weighted by Gasteiger charge is -2.09. The molecule has 1 aromatic heterocycles. The molecule has 0 unspecified atom stereocenters. The Hall–Kier alpha value is -2.11. The number of carbonyl (C=O) groups excluding carboxylic acids is 2. The van der Waals surface area contributed by atoms with Gasteiger partial charge in [0.05, 0.1) is 0 Å². The second kappa shape index (κ2) is 5.83. The van der Waals surface area contributed by atoms with Crippen LogP contribution in [0.4, 0.5) is 4.79 Å². The van der Waals surface area contributed by atoms with E-state index in [9.17, 15) is 9.59 Å². The molecule has 0 saturated carbocycles. The molecule has 1 heterocycles. The summed E-state index contributed by atoms with van der Waals surface area (Å²) in [6.45, 7) is 1.42. The molecule has 0 N–H and O–H groups in total. The minimum atomic E-state index is -0.463. The first-order valence-electron chi connectivity index (χ1n) is 5.00. The van der Waals surface area contributed by atoms with Crippen molar-refractivity contribution in [2.45, 2.75) is 13.7 Å². The Morgan fingerprint density at radius 3 is 2.71 bits per heavy atom. The Morgan fingerprint density at radius 1 is 1.41 bits per heavy atom. The van der Waals surface area contributed by atoms with Crippen molar-refractivity contribution >= 4 is 12.1 Å². The first-order valence-corrected chi connectivity index (χ1v) is 5.00. The first kappa shape index (κ1) is 13.0. The van der Waals surface area contributed by atoms with Gasteiger partial charge in [-0.15, -0.1) is 0 Å². The van der Waals surface area contributed by atoms with E-state index in [4.69, 9.17) is 9.47 Å². The minimum absolute atomic E-state index is 0.0860. The fraction of sp³-hybridized carbons (Fsp3) is 0.364. The van der Waals surface area contributed by atoms with Gasteiger partial charge in [0, 0.05) is 27.1 Å². The van der Waals surface area contributed by atoms with Crippen LogP contribution in [0.5, 0.6) is 5.75 Å². The van der Waals surface area contributed by atoms with Crippen molar-refractivity contribution in [2.75, 3.05) is 14.1 Å². The summed E-state index contributed by atoms with van der Waals surface area (Å²) in [6.07, 6.45) is 2.82. The lowest BCUT2D eigenvalue weighted by Crippen LogP contribution is -2.35.